The molecule has 0 aliphatic heterocycles. The van der Waals surface area contributed by atoms with Gasteiger partial charge in [-0.3, -0.25) is 0 Å². The van der Waals surface area contributed by atoms with Crippen molar-refractivity contribution in [3.8, 4) is 0 Å². The molecule has 0 saturated heterocycles. The van der Waals surface area contributed by atoms with Crippen LogP contribution in [0.15, 0.2) is 0 Å². The first-order valence-corrected chi connectivity index (χ1v) is 5.48. The van der Waals surface area contributed by atoms with Crippen molar-refractivity contribution < 1.29 is 14.6 Å². The minimum Gasteiger partial charge on any atom is -0.467 e. The van der Waals surface area contributed by atoms with Crippen LogP contribution in [-0.2, 0) is 9.53 Å². The van der Waals surface area contributed by atoms with E-state index in [1.54, 1.807) is 0 Å². The van der Waals surface area contributed by atoms with Gasteiger partial charge in [0, 0.05) is 0 Å². The zero-order valence-corrected chi connectivity index (χ0v) is 8.61. The van der Waals surface area contributed by atoms with Gasteiger partial charge in [-0.1, -0.05) is 12.8 Å². The van der Waals surface area contributed by atoms with E-state index in [9.17, 15) is 9.90 Å². The van der Waals surface area contributed by atoms with Crippen LogP contribution in [0.5, 0.6) is 0 Å². The van der Waals surface area contributed by atoms with Gasteiger partial charge in [-0.25, -0.2) is 4.79 Å². The Kier molecular flexibility index (Phi) is 2.77. The van der Waals surface area contributed by atoms with Gasteiger partial charge in [0.05, 0.1) is 7.11 Å². The van der Waals surface area contributed by atoms with Crippen molar-refractivity contribution in [2.45, 2.75) is 38.2 Å². The molecule has 0 spiro atoms. The molecule has 80 valence electrons. The summed E-state index contributed by atoms with van der Waals surface area (Å²) in [5.41, 5.74) is 0. The highest BCUT2D eigenvalue weighted by molar-refractivity contribution is 5.74. The Morgan fingerprint density at radius 3 is 2.43 bits per heavy atom. The maximum absolute atomic E-state index is 11.2. The Bertz CT molecular complexity index is 219. The van der Waals surface area contributed by atoms with Crippen LogP contribution in [0.3, 0.4) is 0 Å². The second-order valence-electron chi connectivity index (χ2n) is 4.65. The average Bonchev–Trinajstić information content (AvgIpc) is 2.28. The van der Waals surface area contributed by atoms with Gasteiger partial charge in [-0.15, -0.1) is 0 Å². The molecular formula is C11H18O3. The highest BCUT2D eigenvalue weighted by Gasteiger charge is 2.41. The number of hydrogen-bond acceptors (Lipinski definition) is 3. The summed E-state index contributed by atoms with van der Waals surface area (Å²) in [6.45, 7) is 0. The molecule has 3 aliphatic carbocycles. The van der Waals surface area contributed by atoms with Gasteiger partial charge in [0.15, 0.2) is 6.10 Å². The molecule has 3 fully saturated rings. The molecule has 0 aromatic carbocycles. The minimum atomic E-state index is -0.881. The summed E-state index contributed by atoms with van der Waals surface area (Å²) in [4.78, 5) is 11.2. The molecule has 3 nitrogen and oxygen atoms in total. The minimum absolute atomic E-state index is 0.162. The van der Waals surface area contributed by atoms with Gasteiger partial charge in [0.2, 0.25) is 0 Å². The number of aliphatic hydroxyl groups is 1. The van der Waals surface area contributed by atoms with E-state index in [2.05, 4.69) is 4.74 Å². The van der Waals surface area contributed by atoms with E-state index in [0.717, 1.165) is 12.3 Å². The van der Waals surface area contributed by atoms with Crippen LogP contribution in [0, 0.1) is 17.8 Å². The molecule has 0 aromatic heterocycles. The molecule has 0 radical (unpaired) electrons. The Labute approximate surface area is 84.4 Å². The average molecular weight is 198 g/mol. The Morgan fingerprint density at radius 2 is 2.00 bits per heavy atom. The van der Waals surface area contributed by atoms with E-state index >= 15 is 0 Å². The number of rotatable bonds is 2. The predicted molar refractivity (Wildman–Crippen MR) is 51.6 cm³/mol. The standard InChI is InChI=1S/C11H18O3/c1-14-11(13)10(12)9-6-7-2-4-8(9)5-3-7/h7-10,12H,2-6H2,1H3. The number of hydrogen-bond donors (Lipinski definition) is 1. The lowest BCUT2D eigenvalue weighted by Crippen LogP contribution is -2.42. The summed E-state index contributed by atoms with van der Waals surface area (Å²) in [6, 6.07) is 0. The number of fused-ring (bicyclic) bond motifs is 3. The van der Waals surface area contributed by atoms with Crippen LogP contribution in [0.1, 0.15) is 32.1 Å². The van der Waals surface area contributed by atoms with Crippen LogP contribution in [0.25, 0.3) is 0 Å². The lowest BCUT2D eigenvalue weighted by atomic mass is 9.63. The number of ether oxygens (including phenoxy) is 1. The van der Waals surface area contributed by atoms with Crippen LogP contribution in [0.2, 0.25) is 0 Å². The maximum atomic E-state index is 11.2. The van der Waals surface area contributed by atoms with Crippen LogP contribution in [-0.4, -0.2) is 24.3 Å². The molecule has 3 aliphatic rings. The van der Waals surface area contributed by atoms with Gasteiger partial charge in [0.25, 0.3) is 0 Å². The van der Waals surface area contributed by atoms with Crippen LogP contribution in [0.4, 0.5) is 0 Å². The number of methoxy groups -OCH3 is 1. The van der Waals surface area contributed by atoms with E-state index in [0.29, 0.717) is 5.92 Å². The molecular weight excluding hydrogens is 180 g/mol. The summed E-state index contributed by atoms with van der Waals surface area (Å²) in [6.07, 6.45) is 5.07. The van der Waals surface area contributed by atoms with Crippen molar-refractivity contribution in [1.82, 2.24) is 0 Å². The van der Waals surface area contributed by atoms with Crippen molar-refractivity contribution in [3.05, 3.63) is 0 Å². The molecule has 2 bridgehead atoms. The van der Waals surface area contributed by atoms with Gasteiger partial charge >= 0.3 is 5.97 Å². The fourth-order valence-electron chi connectivity index (χ4n) is 3.11. The van der Waals surface area contributed by atoms with E-state index in [4.69, 9.17) is 0 Å². The van der Waals surface area contributed by atoms with Crippen LogP contribution >= 0.6 is 0 Å². The Hall–Kier alpha value is -0.570. The SMILES string of the molecule is COC(=O)C(O)C1CC2CCC1CC2. The fourth-order valence-corrected chi connectivity index (χ4v) is 3.11. The van der Waals surface area contributed by atoms with Crippen molar-refractivity contribution in [2.75, 3.05) is 7.11 Å². The first-order chi connectivity index (χ1) is 6.72. The highest BCUT2D eigenvalue weighted by Crippen LogP contribution is 2.46. The summed E-state index contributed by atoms with van der Waals surface area (Å²) in [7, 11) is 1.34. The summed E-state index contributed by atoms with van der Waals surface area (Å²) in [5, 5.41) is 9.79. The first kappa shape index (κ1) is 9.97. The monoisotopic (exact) mass is 198 g/mol. The van der Waals surface area contributed by atoms with E-state index < -0.39 is 12.1 Å². The molecule has 3 saturated carbocycles. The van der Waals surface area contributed by atoms with E-state index in [1.165, 1.54) is 32.8 Å². The molecule has 0 heterocycles. The summed E-state index contributed by atoms with van der Waals surface area (Å²) in [5.74, 6) is 0.996. The largest absolute Gasteiger partial charge is 0.467 e. The van der Waals surface area contributed by atoms with Crippen molar-refractivity contribution >= 4 is 5.97 Å². The number of esters is 1. The molecule has 1 N–H and O–H groups in total. The van der Waals surface area contributed by atoms with Crippen LogP contribution < -0.4 is 0 Å². The third kappa shape index (κ3) is 1.65. The predicted octanol–water partition coefficient (Wildman–Crippen LogP) is 1.35. The van der Waals surface area contributed by atoms with Gasteiger partial charge < -0.3 is 9.84 Å². The zero-order valence-electron chi connectivity index (χ0n) is 8.61. The summed E-state index contributed by atoms with van der Waals surface area (Å²) >= 11 is 0. The third-order valence-electron chi connectivity index (χ3n) is 3.95. The number of aliphatic hydroxyl groups excluding tert-OH is 1. The molecule has 14 heavy (non-hydrogen) atoms. The third-order valence-corrected chi connectivity index (χ3v) is 3.95. The molecule has 3 rings (SSSR count). The Balaban J connectivity index is 2.01. The van der Waals surface area contributed by atoms with E-state index in [1.807, 2.05) is 0 Å². The number of carbonyl (C=O) groups is 1. The van der Waals surface area contributed by atoms with Gasteiger partial charge in [0.1, 0.15) is 0 Å². The fraction of sp³-hybridized carbons (Fsp3) is 0.909. The summed E-state index contributed by atoms with van der Waals surface area (Å²) < 4.78 is 4.58. The normalized spacial score (nSPS) is 38.0. The lowest BCUT2D eigenvalue weighted by Gasteiger charge is -2.43. The van der Waals surface area contributed by atoms with Crippen molar-refractivity contribution in [1.29, 1.82) is 0 Å². The molecule has 2 atom stereocenters. The maximum Gasteiger partial charge on any atom is 0.334 e. The Morgan fingerprint density at radius 1 is 1.36 bits per heavy atom. The number of carbonyl (C=O) groups excluding carboxylic acids is 1. The first-order valence-electron chi connectivity index (χ1n) is 5.48. The molecule has 0 amide bonds. The van der Waals surface area contributed by atoms with Gasteiger partial charge in [-0.05, 0) is 37.0 Å². The second-order valence-corrected chi connectivity index (χ2v) is 4.65. The highest BCUT2D eigenvalue weighted by atomic mass is 16.5. The smallest absolute Gasteiger partial charge is 0.334 e. The quantitative estimate of drug-likeness (QED) is 0.681. The van der Waals surface area contributed by atoms with E-state index in [-0.39, 0.29) is 5.92 Å². The second kappa shape index (κ2) is 3.89. The topological polar surface area (TPSA) is 46.5 Å². The molecule has 2 unspecified atom stereocenters. The molecule has 0 aromatic rings. The zero-order chi connectivity index (χ0) is 10.1. The van der Waals surface area contributed by atoms with Gasteiger partial charge in [-0.2, -0.15) is 0 Å². The molecule has 3 heteroatoms. The van der Waals surface area contributed by atoms with Crippen molar-refractivity contribution in [3.63, 3.8) is 0 Å². The lowest BCUT2D eigenvalue weighted by molar-refractivity contribution is -0.157. The van der Waals surface area contributed by atoms with Crippen molar-refractivity contribution in [2.24, 2.45) is 17.8 Å².